The molecule has 1 unspecified atom stereocenters. The van der Waals surface area contributed by atoms with Gasteiger partial charge in [-0.05, 0) is 58.2 Å². The fourth-order valence-corrected chi connectivity index (χ4v) is 4.83. The van der Waals surface area contributed by atoms with Crippen molar-refractivity contribution in [2.24, 2.45) is 5.73 Å². The summed E-state index contributed by atoms with van der Waals surface area (Å²) in [6.45, 7) is 0.210. The molecule has 32 heavy (non-hydrogen) atoms. The molecule has 4 rings (SSSR count). The quantitative estimate of drug-likeness (QED) is 0.565. The van der Waals surface area contributed by atoms with Gasteiger partial charge < -0.3 is 19.9 Å². The highest BCUT2D eigenvalue weighted by Crippen LogP contribution is 2.44. The number of allylic oxidation sites excluding steroid dienone is 3. The van der Waals surface area contributed by atoms with Crippen molar-refractivity contribution in [3.05, 3.63) is 79.8 Å². The summed E-state index contributed by atoms with van der Waals surface area (Å²) in [7, 11) is 1.58. The van der Waals surface area contributed by atoms with Crippen LogP contribution in [0.2, 0.25) is 5.02 Å². The van der Waals surface area contributed by atoms with Crippen LogP contribution >= 0.6 is 27.5 Å². The lowest BCUT2D eigenvalue weighted by molar-refractivity contribution is -0.116. The van der Waals surface area contributed by atoms with Gasteiger partial charge in [-0.1, -0.05) is 17.7 Å². The molecule has 1 aliphatic carbocycles. The van der Waals surface area contributed by atoms with Crippen molar-refractivity contribution >= 4 is 33.3 Å². The van der Waals surface area contributed by atoms with E-state index in [1.807, 2.05) is 12.1 Å². The zero-order valence-electron chi connectivity index (χ0n) is 17.3. The first-order valence-corrected chi connectivity index (χ1v) is 11.2. The lowest BCUT2D eigenvalue weighted by Gasteiger charge is -2.31. The molecule has 0 saturated carbocycles. The van der Waals surface area contributed by atoms with Crippen LogP contribution in [0.5, 0.6) is 11.5 Å². The summed E-state index contributed by atoms with van der Waals surface area (Å²) in [6.07, 6.45) is 1.75. The van der Waals surface area contributed by atoms with E-state index >= 15 is 0 Å². The molecule has 1 heterocycles. The van der Waals surface area contributed by atoms with Crippen molar-refractivity contribution in [2.45, 2.75) is 31.8 Å². The standard InChI is InChI=1S/C24H20BrClN2O4/c1-30-19-7-5-13(9-14(19)12-31-20-8-6-15(26)10-17(20)25)22-16(11-27)24(28)32-21-4-2-3-18(29)23(21)22/h5-10,22H,2-4,12,28H2,1H3. The first-order valence-electron chi connectivity index (χ1n) is 10.0. The van der Waals surface area contributed by atoms with Crippen LogP contribution in [0.3, 0.4) is 0 Å². The summed E-state index contributed by atoms with van der Waals surface area (Å²) in [5.74, 6) is 1.26. The predicted molar refractivity (Wildman–Crippen MR) is 123 cm³/mol. The first-order chi connectivity index (χ1) is 15.4. The summed E-state index contributed by atoms with van der Waals surface area (Å²) in [5, 5.41) is 10.4. The minimum atomic E-state index is -0.580. The van der Waals surface area contributed by atoms with Crippen molar-refractivity contribution in [1.29, 1.82) is 5.26 Å². The van der Waals surface area contributed by atoms with E-state index in [1.54, 1.807) is 31.4 Å². The van der Waals surface area contributed by atoms with Crippen LogP contribution < -0.4 is 15.2 Å². The Balaban J connectivity index is 1.73. The van der Waals surface area contributed by atoms with E-state index in [9.17, 15) is 10.1 Å². The highest BCUT2D eigenvalue weighted by molar-refractivity contribution is 9.10. The maximum atomic E-state index is 12.8. The third kappa shape index (κ3) is 4.21. The number of carbonyl (C=O) groups is 1. The number of ether oxygens (including phenoxy) is 3. The van der Waals surface area contributed by atoms with E-state index in [0.717, 1.165) is 15.6 Å². The number of nitriles is 1. The molecule has 1 atom stereocenters. The molecular formula is C24H20BrClN2O4. The number of carbonyl (C=O) groups excluding carboxylic acids is 1. The smallest absolute Gasteiger partial charge is 0.205 e. The van der Waals surface area contributed by atoms with Gasteiger partial charge in [-0.3, -0.25) is 4.79 Å². The molecule has 2 aliphatic rings. The lowest BCUT2D eigenvalue weighted by Crippen LogP contribution is -2.27. The number of benzene rings is 2. The Morgan fingerprint density at radius 1 is 1.25 bits per heavy atom. The van der Waals surface area contributed by atoms with Crippen LogP contribution in [0, 0.1) is 11.3 Å². The van der Waals surface area contributed by atoms with E-state index in [2.05, 4.69) is 22.0 Å². The first kappa shape index (κ1) is 22.3. The number of nitrogens with two attached hydrogens (primary N) is 1. The van der Waals surface area contributed by atoms with E-state index in [1.165, 1.54) is 0 Å². The average Bonchev–Trinajstić information content (AvgIpc) is 2.77. The Labute approximate surface area is 199 Å². The third-order valence-corrected chi connectivity index (χ3v) is 6.37. The van der Waals surface area contributed by atoms with Crippen LogP contribution in [0.1, 0.15) is 36.3 Å². The molecule has 0 amide bonds. The Hall–Kier alpha value is -2.95. The van der Waals surface area contributed by atoms with E-state index in [-0.39, 0.29) is 23.8 Å². The molecule has 0 saturated heterocycles. The number of ketones is 1. The maximum absolute atomic E-state index is 12.8. The van der Waals surface area contributed by atoms with Crippen molar-refractivity contribution in [1.82, 2.24) is 0 Å². The molecule has 0 fully saturated rings. The van der Waals surface area contributed by atoms with E-state index < -0.39 is 5.92 Å². The van der Waals surface area contributed by atoms with Crippen LogP contribution in [-0.2, 0) is 16.1 Å². The number of hydrogen-bond donors (Lipinski definition) is 1. The van der Waals surface area contributed by atoms with Crippen LogP contribution in [0.25, 0.3) is 0 Å². The minimum absolute atomic E-state index is 0.0183. The van der Waals surface area contributed by atoms with Gasteiger partial charge in [-0.25, -0.2) is 0 Å². The summed E-state index contributed by atoms with van der Waals surface area (Å²) in [5.41, 5.74) is 8.32. The normalized spacial score (nSPS) is 18.1. The Morgan fingerprint density at radius 2 is 2.03 bits per heavy atom. The molecule has 2 aromatic rings. The fraction of sp³-hybridized carbons (Fsp3) is 0.250. The molecule has 0 radical (unpaired) electrons. The van der Waals surface area contributed by atoms with Crippen LogP contribution in [0.15, 0.2) is 63.7 Å². The van der Waals surface area contributed by atoms with Gasteiger partial charge in [-0.15, -0.1) is 0 Å². The monoisotopic (exact) mass is 514 g/mol. The number of nitrogens with zero attached hydrogens (tertiary/aromatic N) is 1. The Bertz CT molecular complexity index is 1200. The summed E-state index contributed by atoms with van der Waals surface area (Å²) < 4.78 is 17.9. The van der Waals surface area contributed by atoms with Gasteiger partial charge in [0.05, 0.1) is 17.5 Å². The van der Waals surface area contributed by atoms with Crippen LogP contribution in [-0.4, -0.2) is 12.9 Å². The summed E-state index contributed by atoms with van der Waals surface area (Å²) in [6, 6.07) is 12.9. The van der Waals surface area contributed by atoms with Gasteiger partial charge >= 0.3 is 0 Å². The second-order valence-corrected chi connectivity index (χ2v) is 8.76. The topological polar surface area (TPSA) is 94.6 Å². The maximum Gasteiger partial charge on any atom is 0.205 e. The predicted octanol–water partition coefficient (Wildman–Crippen LogP) is 5.50. The molecule has 2 aromatic carbocycles. The number of rotatable bonds is 5. The zero-order valence-corrected chi connectivity index (χ0v) is 19.6. The van der Waals surface area contributed by atoms with Gasteiger partial charge in [0, 0.05) is 29.0 Å². The molecule has 0 spiro atoms. The van der Waals surface area contributed by atoms with Crippen molar-refractivity contribution in [3.8, 4) is 17.6 Å². The van der Waals surface area contributed by atoms with Gasteiger partial charge in [0.15, 0.2) is 5.78 Å². The number of methoxy groups -OCH3 is 1. The highest BCUT2D eigenvalue weighted by atomic mass is 79.9. The SMILES string of the molecule is COc1ccc(C2C(C#N)=C(N)OC3=C2C(=O)CCC3)cc1COc1ccc(Cl)cc1Br. The van der Waals surface area contributed by atoms with E-state index in [4.69, 9.17) is 31.5 Å². The van der Waals surface area contributed by atoms with Crippen LogP contribution in [0.4, 0.5) is 0 Å². The number of hydrogen-bond acceptors (Lipinski definition) is 6. The zero-order chi connectivity index (χ0) is 22.8. The number of Topliss-reactive ketones (excluding diaryl/α,β-unsaturated/α-hetero) is 1. The molecule has 2 N–H and O–H groups in total. The second-order valence-electron chi connectivity index (χ2n) is 7.47. The third-order valence-electron chi connectivity index (χ3n) is 5.52. The molecule has 1 aliphatic heterocycles. The minimum Gasteiger partial charge on any atom is -0.496 e. The lowest BCUT2D eigenvalue weighted by atomic mass is 9.77. The van der Waals surface area contributed by atoms with Gasteiger partial charge in [0.2, 0.25) is 5.88 Å². The molecule has 164 valence electrons. The van der Waals surface area contributed by atoms with E-state index in [0.29, 0.717) is 47.1 Å². The fourth-order valence-electron chi connectivity index (χ4n) is 4.03. The highest BCUT2D eigenvalue weighted by Gasteiger charge is 2.38. The molecule has 0 aromatic heterocycles. The molecule has 8 heteroatoms. The molecule has 6 nitrogen and oxygen atoms in total. The van der Waals surface area contributed by atoms with Crippen molar-refractivity contribution in [3.63, 3.8) is 0 Å². The molecule has 0 bridgehead atoms. The average molecular weight is 516 g/mol. The number of halogens is 2. The Kier molecular flexibility index (Phi) is 6.45. The van der Waals surface area contributed by atoms with Gasteiger partial charge in [0.25, 0.3) is 0 Å². The van der Waals surface area contributed by atoms with Gasteiger partial charge in [-0.2, -0.15) is 5.26 Å². The second kappa shape index (κ2) is 9.27. The molecular weight excluding hydrogens is 496 g/mol. The summed E-state index contributed by atoms with van der Waals surface area (Å²) in [4.78, 5) is 12.8. The van der Waals surface area contributed by atoms with Crippen molar-refractivity contribution in [2.75, 3.05) is 7.11 Å². The summed E-state index contributed by atoms with van der Waals surface area (Å²) >= 11 is 9.45. The Morgan fingerprint density at radius 3 is 2.75 bits per heavy atom. The largest absolute Gasteiger partial charge is 0.496 e. The van der Waals surface area contributed by atoms with Gasteiger partial charge in [0.1, 0.15) is 35.5 Å². The van der Waals surface area contributed by atoms with Crippen molar-refractivity contribution < 1.29 is 19.0 Å².